The molecule has 1 aliphatic heterocycles. The molecule has 1 aliphatic rings. The molecule has 1 aromatic rings. The number of hydrogen-bond acceptors (Lipinski definition) is 5. The minimum atomic E-state index is -0.692. The van der Waals surface area contributed by atoms with Crippen LogP contribution in [0.1, 0.15) is 19.8 Å². The van der Waals surface area contributed by atoms with E-state index in [-0.39, 0.29) is 18.4 Å². The molecule has 2 amide bonds. The highest BCUT2D eigenvalue weighted by molar-refractivity contribution is 6.39. The third-order valence-electron chi connectivity index (χ3n) is 4.16. The molecule has 0 saturated carbocycles. The number of amides is 2. The van der Waals surface area contributed by atoms with Crippen molar-refractivity contribution in [3.8, 4) is 0 Å². The van der Waals surface area contributed by atoms with E-state index in [0.717, 1.165) is 5.69 Å². The molecule has 0 aliphatic carbocycles. The third kappa shape index (κ3) is 4.95. The molecule has 1 atom stereocenters. The number of rotatable bonds is 4. The number of benzene rings is 1. The van der Waals surface area contributed by atoms with Gasteiger partial charge in [-0.15, -0.1) is 0 Å². The second-order valence-corrected chi connectivity index (χ2v) is 6.24. The molecule has 1 fully saturated rings. The summed E-state index contributed by atoms with van der Waals surface area (Å²) in [6.07, 6.45) is 1.36. The summed E-state index contributed by atoms with van der Waals surface area (Å²) in [5.41, 5.74) is 1.56. The molecule has 1 aromatic carbocycles. The minimum absolute atomic E-state index is 0.227. The van der Waals surface area contributed by atoms with E-state index in [4.69, 9.17) is 4.74 Å². The number of likely N-dealkylation sites (tertiary alicyclic amines) is 1. The summed E-state index contributed by atoms with van der Waals surface area (Å²) in [5, 5.41) is 2.61. The van der Waals surface area contributed by atoms with Crippen molar-refractivity contribution in [2.24, 2.45) is 5.92 Å². The molecule has 1 heterocycles. The average Bonchev–Trinajstić information content (AvgIpc) is 2.61. The predicted octanol–water partition coefficient (Wildman–Crippen LogP) is 1.49. The maximum absolute atomic E-state index is 12.4. The van der Waals surface area contributed by atoms with Crippen LogP contribution in [0.4, 0.5) is 11.4 Å². The number of carbonyl (C=O) groups excluding carboxylic acids is 3. The first-order valence-electron chi connectivity index (χ1n) is 8.46. The standard InChI is InChI=1S/C18H25N3O4/c1-4-25-18(24)13-6-5-11-21(12-13)17(23)16(22)19-14-7-9-15(10-8-14)20(2)3/h7-10,13H,4-6,11-12H2,1-3H3,(H,19,22). The van der Waals surface area contributed by atoms with Crippen LogP contribution >= 0.6 is 0 Å². The SMILES string of the molecule is CCOC(=O)C1CCCN(C(=O)C(=O)Nc2ccc(N(C)C)cc2)C1. The summed E-state index contributed by atoms with van der Waals surface area (Å²) >= 11 is 0. The second kappa shape index (κ2) is 8.50. The van der Waals surface area contributed by atoms with Gasteiger partial charge in [0.1, 0.15) is 0 Å². The average molecular weight is 347 g/mol. The van der Waals surface area contributed by atoms with Crippen LogP contribution in [0.3, 0.4) is 0 Å². The summed E-state index contributed by atoms with van der Waals surface area (Å²) in [6.45, 7) is 2.76. The maximum atomic E-state index is 12.4. The smallest absolute Gasteiger partial charge is 0.313 e. The second-order valence-electron chi connectivity index (χ2n) is 6.24. The highest BCUT2D eigenvalue weighted by atomic mass is 16.5. The molecule has 0 radical (unpaired) electrons. The molecule has 0 aromatic heterocycles. The Kier molecular flexibility index (Phi) is 6.38. The van der Waals surface area contributed by atoms with Gasteiger partial charge < -0.3 is 19.9 Å². The van der Waals surface area contributed by atoms with Gasteiger partial charge in [-0.25, -0.2) is 0 Å². The van der Waals surface area contributed by atoms with E-state index in [2.05, 4.69) is 5.32 Å². The Labute approximate surface area is 147 Å². The molecule has 1 N–H and O–H groups in total. The Morgan fingerprint density at radius 1 is 1.24 bits per heavy atom. The molecule has 2 rings (SSSR count). The fourth-order valence-electron chi connectivity index (χ4n) is 2.79. The van der Waals surface area contributed by atoms with E-state index in [9.17, 15) is 14.4 Å². The van der Waals surface area contributed by atoms with Gasteiger partial charge in [0.15, 0.2) is 0 Å². The number of ether oxygens (including phenoxy) is 1. The van der Waals surface area contributed by atoms with Crippen molar-refractivity contribution in [1.29, 1.82) is 0 Å². The number of nitrogens with zero attached hydrogens (tertiary/aromatic N) is 2. The molecular formula is C18H25N3O4. The number of anilines is 2. The van der Waals surface area contributed by atoms with Gasteiger partial charge in [-0.3, -0.25) is 14.4 Å². The van der Waals surface area contributed by atoms with Gasteiger partial charge in [0.2, 0.25) is 0 Å². The van der Waals surface area contributed by atoms with E-state index in [1.807, 2.05) is 31.1 Å². The molecule has 0 spiro atoms. The summed E-state index contributed by atoms with van der Waals surface area (Å²) in [4.78, 5) is 39.8. The lowest BCUT2D eigenvalue weighted by atomic mass is 9.98. The lowest BCUT2D eigenvalue weighted by Crippen LogP contribution is -2.47. The molecule has 0 bridgehead atoms. The van der Waals surface area contributed by atoms with Crippen LogP contribution in [0.15, 0.2) is 24.3 Å². The summed E-state index contributed by atoms with van der Waals surface area (Å²) < 4.78 is 5.01. The number of nitrogens with one attached hydrogen (secondary N) is 1. The van der Waals surface area contributed by atoms with Crippen LogP contribution in [0, 0.1) is 5.92 Å². The summed E-state index contributed by atoms with van der Waals surface area (Å²) in [6, 6.07) is 7.21. The Balaban J connectivity index is 1.94. The first-order valence-corrected chi connectivity index (χ1v) is 8.46. The first kappa shape index (κ1) is 18.8. The van der Waals surface area contributed by atoms with Crippen molar-refractivity contribution in [2.45, 2.75) is 19.8 Å². The summed E-state index contributed by atoms with van der Waals surface area (Å²) in [7, 11) is 3.85. The van der Waals surface area contributed by atoms with Gasteiger partial charge in [0, 0.05) is 38.6 Å². The van der Waals surface area contributed by atoms with Crippen LogP contribution in [-0.4, -0.2) is 56.5 Å². The van der Waals surface area contributed by atoms with Crippen LogP contribution in [0.25, 0.3) is 0 Å². The lowest BCUT2D eigenvalue weighted by Gasteiger charge is -2.31. The first-order chi connectivity index (χ1) is 11.9. The van der Waals surface area contributed by atoms with Gasteiger partial charge in [-0.2, -0.15) is 0 Å². The molecule has 136 valence electrons. The zero-order valence-electron chi connectivity index (χ0n) is 14.9. The van der Waals surface area contributed by atoms with Crippen LogP contribution in [-0.2, 0) is 19.1 Å². The van der Waals surface area contributed by atoms with Gasteiger partial charge in [0.05, 0.1) is 12.5 Å². The monoisotopic (exact) mass is 347 g/mol. The van der Waals surface area contributed by atoms with E-state index < -0.39 is 11.8 Å². The number of piperidine rings is 1. The Morgan fingerprint density at radius 2 is 1.92 bits per heavy atom. The highest BCUT2D eigenvalue weighted by Gasteiger charge is 2.31. The van der Waals surface area contributed by atoms with Crippen LogP contribution in [0.2, 0.25) is 0 Å². The van der Waals surface area contributed by atoms with Crippen molar-refractivity contribution in [3.05, 3.63) is 24.3 Å². The van der Waals surface area contributed by atoms with E-state index in [1.165, 1.54) is 4.90 Å². The van der Waals surface area contributed by atoms with Crippen molar-refractivity contribution >= 4 is 29.2 Å². The third-order valence-corrected chi connectivity index (χ3v) is 4.16. The number of carbonyl (C=O) groups is 3. The lowest BCUT2D eigenvalue weighted by molar-refractivity contribution is -0.153. The molecular weight excluding hydrogens is 322 g/mol. The van der Waals surface area contributed by atoms with Crippen molar-refractivity contribution < 1.29 is 19.1 Å². The van der Waals surface area contributed by atoms with E-state index in [1.54, 1.807) is 19.1 Å². The fraction of sp³-hybridized carbons (Fsp3) is 0.500. The Bertz CT molecular complexity index is 628. The highest BCUT2D eigenvalue weighted by Crippen LogP contribution is 2.19. The van der Waals surface area contributed by atoms with E-state index >= 15 is 0 Å². The van der Waals surface area contributed by atoms with Crippen molar-refractivity contribution in [1.82, 2.24) is 4.90 Å². The predicted molar refractivity (Wildman–Crippen MR) is 95.3 cm³/mol. The molecule has 7 nitrogen and oxygen atoms in total. The van der Waals surface area contributed by atoms with Gasteiger partial charge in [0.25, 0.3) is 0 Å². The maximum Gasteiger partial charge on any atom is 0.313 e. The molecule has 1 unspecified atom stereocenters. The minimum Gasteiger partial charge on any atom is -0.466 e. The topological polar surface area (TPSA) is 78.9 Å². The fourth-order valence-corrected chi connectivity index (χ4v) is 2.79. The van der Waals surface area contributed by atoms with Gasteiger partial charge in [-0.05, 0) is 44.0 Å². The molecule has 7 heteroatoms. The largest absolute Gasteiger partial charge is 0.466 e. The number of esters is 1. The summed E-state index contributed by atoms with van der Waals surface area (Å²) in [5.74, 6) is -1.97. The van der Waals surface area contributed by atoms with E-state index in [0.29, 0.717) is 31.7 Å². The van der Waals surface area contributed by atoms with Crippen LogP contribution in [0.5, 0.6) is 0 Å². The van der Waals surface area contributed by atoms with Crippen molar-refractivity contribution in [2.75, 3.05) is 44.0 Å². The molecule has 1 saturated heterocycles. The Hall–Kier alpha value is -2.57. The molecule has 25 heavy (non-hydrogen) atoms. The normalized spacial score (nSPS) is 16.9. The number of hydrogen-bond donors (Lipinski definition) is 1. The van der Waals surface area contributed by atoms with Crippen LogP contribution < -0.4 is 10.2 Å². The quantitative estimate of drug-likeness (QED) is 0.659. The Morgan fingerprint density at radius 3 is 2.52 bits per heavy atom. The zero-order valence-corrected chi connectivity index (χ0v) is 14.9. The van der Waals surface area contributed by atoms with Gasteiger partial charge in [-0.1, -0.05) is 0 Å². The van der Waals surface area contributed by atoms with Crippen molar-refractivity contribution in [3.63, 3.8) is 0 Å². The van der Waals surface area contributed by atoms with Gasteiger partial charge >= 0.3 is 17.8 Å². The zero-order chi connectivity index (χ0) is 18.4.